The zero-order valence-electron chi connectivity index (χ0n) is 11.4. The van der Waals surface area contributed by atoms with Crippen molar-refractivity contribution in [2.45, 2.75) is 26.7 Å². The van der Waals surface area contributed by atoms with E-state index in [1.165, 1.54) is 32.5 Å². The van der Waals surface area contributed by atoms with Crippen LogP contribution in [0.1, 0.15) is 26.7 Å². The summed E-state index contributed by atoms with van der Waals surface area (Å²) in [4.78, 5) is 2.60. The number of likely N-dealkylation sites (tertiary alicyclic amines) is 1. The van der Waals surface area contributed by atoms with Crippen LogP contribution in [0.5, 0.6) is 0 Å². The smallest absolute Gasteiger partial charge is 0.0502 e. The first-order valence-electron chi connectivity index (χ1n) is 6.43. The van der Waals surface area contributed by atoms with Crippen molar-refractivity contribution >= 4 is 0 Å². The second-order valence-corrected chi connectivity index (χ2v) is 5.89. The molecule has 96 valence electrons. The van der Waals surface area contributed by atoms with Crippen LogP contribution in [-0.4, -0.2) is 51.8 Å². The second kappa shape index (κ2) is 6.58. The maximum Gasteiger partial charge on any atom is 0.0502 e. The van der Waals surface area contributed by atoms with E-state index in [0.29, 0.717) is 5.41 Å². The highest BCUT2D eigenvalue weighted by Crippen LogP contribution is 2.22. The molecule has 1 atom stereocenters. The second-order valence-electron chi connectivity index (χ2n) is 5.89. The van der Waals surface area contributed by atoms with E-state index in [0.717, 1.165) is 19.1 Å². The Morgan fingerprint density at radius 1 is 1.44 bits per heavy atom. The molecule has 1 saturated heterocycles. The maximum absolute atomic E-state index is 5.27. The lowest BCUT2D eigenvalue weighted by Gasteiger charge is -2.37. The Balaban J connectivity index is 2.36. The summed E-state index contributed by atoms with van der Waals surface area (Å²) in [5.74, 6) is 0.740. The van der Waals surface area contributed by atoms with E-state index in [4.69, 9.17) is 4.74 Å². The minimum absolute atomic E-state index is 0.365. The summed E-state index contributed by atoms with van der Waals surface area (Å²) in [6.45, 7) is 10.3. The molecule has 1 aliphatic rings. The van der Waals surface area contributed by atoms with Gasteiger partial charge in [0, 0.05) is 26.7 Å². The number of nitrogens with one attached hydrogen (secondary N) is 1. The zero-order chi connectivity index (χ0) is 12.0. The fourth-order valence-electron chi connectivity index (χ4n) is 2.81. The van der Waals surface area contributed by atoms with Gasteiger partial charge in [-0.05, 0) is 37.8 Å². The number of rotatable bonds is 6. The van der Waals surface area contributed by atoms with Gasteiger partial charge in [0.25, 0.3) is 0 Å². The molecule has 0 radical (unpaired) electrons. The Hall–Kier alpha value is -0.120. The SMILES string of the molecule is CNCC(C)(C)CN1CCCC(COC)C1. The molecule has 1 unspecified atom stereocenters. The molecule has 1 heterocycles. The molecule has 1 N–H and O–H groups in total. The monoisotopic (exact) mass is 228 g/mol. The van der Waals surface area contributed by atoms with E-state index < -0.39 is 0 Å². The number of ether oxygens (including phenoxy) is 1. The zero-order valence-corrected chi connectivity index (χ0v) is 11.4. The Morgan fingerprint density at radius 3 is 2.81 bits per heavy atom. The number of nitrogens with zero attached hydrogens (tertiary/aromatic N) is 1. The molecule has 1 fully saturated rings. The van der Waals surface area contributed by atoms with E-state index in [-0.39, 0.29) is 0 Å². The van der Waals surface area contributed by atoms with Crippen molar-refractivity contribution < 1.29 is 4.74 Å². The third kappa shape index (κ3) is 4.81. The predicted molar refractivity (Wildman–Crippen MR) is 68.7 cm³/mol. The predicted octanol–water partition coefficient (Wildman–Crippen LogP) is 1.59. The summed E-state index contributed by atoms with van der Waals surface area (Å²) in [5, 5.41) is 3.28. The number of hydrogen-bond donors (Lipinski definition) is 1. The van der Waals surface area contributed by atoms with Crippen molar-refractivity contribution in [3.63, 3.8) is 0 Å². The van der Waals surface area contributed by atoms with Gasteiger partial charge >= 0.3 is 0 Å². The average Bonchev–Trinajstić information content (AvgIpc) is 2.17. The maximum atomic E-state index is 5.27. The molecule has 0 spiro atoms. The molecule has 0 bridgehead atoms. The topological polar surface area (TPSA) is 24.5 Å². The van der Waals surface area contributed by atoms with Crippen molar-refractivity contribution in [3.05, 3.63) is 0 Å². The lowest BCUT2D eigenvalue weighted by Crippen LogP contribution is -2.44. The normalized spacial score (nSPS) is 23.6. The molecule has 0 amide bonds. The van der Waals surface area contributed by atoms with Crippen molar-refractivity contribution in [1.29, 1.82) is 0 Å². The fourth-order valence-corrected chi connectivity index (χ4v) is 2.81. The summed E-state index contributed by atoms with van der Waals surface area (Å²) in [5.41, 5.74) is 0.365. The van der Waals surface area contributed by atoms with Gasteiger partial charge in [-0.2, -0.15) is 0 Å². The average molecular weight is 228 g/mol. The standard InChI is InChI=1S/C13H28N2O/c1-13(2,10-14-3)11-15-7-5-6-12(8-15)9-16-4/h12,14H,5-11H2,1-4H3. The summed E-state index contributed by atoms with van der Waals surface area (Å²) in [7, 11) is 3.84. The van der Waals surface area contributed by atoms with E-state index in [1.807, 2.05) is 14.2 Å². The molecular formula is C13H28N2O. The minimum Gasteiger partial charge on any atom is -0.384 e. The van der Waals surface area contributed by atoms with Gasteiger partial charge in [0.15, 0.2) is 0 Å². The summed E-state index contributed by atoms with van der Waals surface area (Å²) < 4.78 is 5.27. The molecule has 0 aromatic rings. The van der Waals surface area contributed by atoms with Crippen LogP contribution in [0.15, 0.2) is 0 Å². The fraction of sp³-hybridized carbons (Fsp3) is 1.00. The lowest BCUT2D eigenvalue weighted by molar-refractivity contribution is 0.0707. The van der Waals surface area contributed by atoms with Gasteiger partial charge in [0.05, 0.1) is 6.61 Å². The summed E-state index contributed by atoms with van der Waals surface area (Å²) in [6, 6.07) is 0. The van der Waals surface area contributed by atoms with E-state index in [9.17, 15) is 0 Å². The lowest BCUT2D eigenvalue weighted by atomic mass is 9.90. The highest BCUT2D eigenvalue weighted by atomic mass is 16.5. The number of methoxy groups -OCH3 is 1. The van der Waals surface area contributed by atoms with E-state index in [1.54, 1.807) is 0 Å². The molecule has 0 aromatic carbocycles. The molecule has 0 aromatic heterocycles. The van der Waals surface area contributed by atoms with Gasteiger partial charge in [0.1, 0.15) is 0 Å². The van der Waals surface area contributed by atoms with Gasteiger partial charge in [-0.1, -0.05) is 13.8 Å². The van der Waals surface area contributed by atoms with Crippen LogP contribution in [0.2, 0.25) is 0 Å². The Morgan fingerprint density at radius 2 is 2.19 bits per heavy atom. The van der Waals surface area contributed by atoms with Gasteiger partial charge in [0.2, 0.25) is 0 Å². The molecule has 0 saturated carbocycles. The van der Waals surface area contributed by atoms with E-state index >= 15 is 0 Å². The first-order valence-corrected chi connectivity index (χ1v) is 6.43. The van der Waals surface area contributed by atoms with Crippen LogP contribution in [0.3, 0.4) is 0 Å². The molecule has 1 aliphatic heterocycles. The van der Waals surface area contributed by atoms with Crippen LogP contribution in [-0.2, 0) is 4.74 Å². The van der Waals surface area contributed by atoms with E-state index in [2.05, 4.69) is 24.1 Å². The van der Waals surface area contributed by atoms with Crippen LogP contribution < -0.4 is 5.32 Å². The van der Waals surface area contributed by atoms with Crippen molar-refractivity contribution in [2.75, 3.05) is 46.9 Å². The van der Waals surface area contributed by atoms with Crippen LogP contribution in [0, 0.1) is 11.3 Å². The van der Waals surface area contributed by atoms with Gasteiger partial charge in [-0.3, -0.25) is 0 Å². The van der Waals surface area contributed by atoms with Crippen molar-refractivity contribution in [1.82, 2.24) is 10.2 Å². The Bertz CT molecular complexity index is 192. The third-order valence-corrected chi connectivity index (χ3v) is 3.31. The highest BCUT2D eigenvalue weighted by Gasteiger charge is 2.25. The summed E-state index contributed by atoms with van der Waals surface area (Å²) >= 11 is 0. The van der Waals surface area contributed by atoms with Gasteiger partial charge < -0.3 is 15.0 Å². The molecule has 1 rings (SSSR count). The van der Waals surface area contributed by atoms with Crippen molar-refractivity contribution in [2.24, 2.45) is 11.3 Å². The van der Waals surface area contributed by atoms with Crippen LogP contribution in [0.4, 0.5) is 0 Å². The largest absolute Gasteiger partial charge is 0.384 e. The van der Waals surface area contributed by atoms with Gasteiger partial charge in [-0.25, -0.2) is 0 Å². The number of piperidine rings is 1. The van der Waals surface area contributed by atoms with Gasteiger partial charge in [-0.15, -0.1) is 0 Å². The first-order chi connectivity index (χ1) is 7.57. The third-order valence-electron chi connectivity index (χ3n) is 3.31. The van der Waals surface area contributed by atoms with Crippen molar-refractivity contribution in [3.8, 4) is 0 Å². The minimum atomic E-state index is 0.365. The quantitative estimate of drug-likeness (QED) is 0.747. The molecule has 3 heteroatoms. The highest BCUT2D eigenvalue weighted by molar-refractivity contribution is 4.80. The Kier molecular flexibility index (Phi) is 5.73. The van der Waals surface area contributed by atoms with Crippen LogP contribution in [0.25, 0.3) is 0 Å². The first kappa shape index (κ1) is 13.9. The summed E-state index contributed by atoms with van der Waals surface area (Å²) in [6.07, 6.45) is 2.65. The van der Waals surface area contributed by atoms with Crippen LogP contribution >= 0.6 is 0 Å². The molecule has 0 aliphatic carbocycles. The molecule has 3 nitrogen and oxygen atoms in total. The molecular weight excluding hydrogens is 200 g/mol. The molecule has 16 heavy (non-hydrogen) atoms. The number of hydrogen-bond acceptors (Lipinski definition) is 3. The Labute approximate surface area is 101 Å².